The molecule has 0 bridgehead atoms. The Labute approximate surface area is 126 Å². The quantitative estimate of drug-likeness (QED) is 0.731. The summed E-state index contributed by atoms with van der Waals surface area (Å²) in [5.74, 6) is -0.471. The summed E-state index contributed by atoms with van der Waals surface area (Å²) in [5.41, 5.74) is 0.247. The Balaban J connectivity index is 2.28. The Hall–Kier alpha value is -0.670. The largest absolute Gasteiger partial charge is 0.377 e. The molecule has 0 radical (unpaired) electrons. The Bertz CT molecular complexity index is 612. The average Bonchev–Trinajstić information content (AvgIpc) is 2.49. The van der Waals surface area contributed by atoms with E-state index >= 15 is 0 Å². The predicted octanol–water partition coefficient (Wildman–Crippen LogP) is 1.86. The molecule has 1 aromatic rings. The van der Waals surface area contributed by atoms with Crippen LogP contribution in [0.3, 0.4) is 0 Å². The number of fused-ring (bicyclic) bond motifs is 1. The van der Waals surface area contributed by atoms with Gasteiger partial charge in [-0.25, -0.2) is 12.7 Å². The van der Waals surface area contributed by atoms with Gasteiger partial charge in [0.1, 0.15) is 4.90 Å². The number of carbonyl (C=O) groups is 1. The maximum absolute atomic E-state index is 12.2. The molecule has 1 amide bonds. The molecule has 19 heavy (non-hydrogen) atoms. The van der Waals surface area contributed by atoms with Crippen molar-refractivity contribution in [3.63, 3.8) is 0 Å². The number of ether oxygens (including phenoxy) is 1. The summed E-state index contributed by atoms with van der Waals surface area (Å²) in [6.45, 7) is 3.97. The number of sulfonamides is 1. The van der Waals surface area contributed by atoms with Crippen LogP contribution >= 0.6 is 22.6 Å². The Morgan fingerprint density at radius 3 is 2.68 bits per heavy atom. The number of nitrogens with zero attached hydrogens (tertiary/aromatic N) is 1. The molecule has 1 aliphatic heterocycles. The van der Waals surface area contributed by atoms with Gasteiger partial charge >= 0.3 is 0 Å². The van der Waals surface area contributed by atoms with Crippen LogP contribution in [0.15, 0.2) is 23.1 Å². The van der Waals surface area contributed by atoms with Crippen LogP contribution in [0.2, 0.25) is 0 Å². The highest BCUT2D eigenvalue weighted by atomic mass is 127. The second kappa shape index (κ2) is 5.37. The second-order valence-corrected chi connectivity index (χ2v) is 7.52. The van der Waals surface area contributed by atoms with Gasteiger partial charge in [-0.3, -0.25) is 4.79 Å². The molecule has 0 fully saturated rings. The van der Waals surface area contributed by atoms with Crippen molar-refractivity contribution in [1.82, 2.24) is 4.31 Å². The molecule has 1 heterocycles. The van der Waals surface area contributed by atoms with Gasteiger partial charge in [0.25, 0.3) is 15.9 Å². The van der Waals surface area contributed by atoms with E-state index in [4.69, 9.17) is 4.74 Å². The fraction of sp³-hybridized carbons (Fsp3) is 0.417. The molecular formula is C12H14INO4S. The van der Waals surface area contributed by atoms with Crippen molar-refractivity contribution >= 4 is 38.5 Å². The molecule has 0 atom stereocenters. The van der Waals surface area contributed by atoms with Crippen LogP contribution in [0.25, 0.3) is 0 Å². The van der Waals surface area contributed by atoms with E-state index in [1.807, 2.05) is 36.4 Å². The maximum Gasteiger partial charge on any atom is 0.269 e. The van der Waals surface area contributed by atoms with Gasteiger partial charge in [0, 0.05) is 3.57 Å². The third kappa shape index (κ3) is 2.77. The minimum Gasteiger partial charge on any atom is -0.377 e. The lowest BCUT2D eigenvalue weighted by molar-refractivity contribution is 0.0627. The molecule has 1 aliphatic rings. The average molecular weight is 395 g/mol. The number of carbonyl (C=O) groups excluding carboxylic acids is 1. The minimum absolute atomic E-state index is 0.00346. The fourth-order valence-corrected chi connectivity index (χ4v) is 3.87. The van der Waals surface area contributed by atoms with Crippen LogP contribution in [0.5, 0.6) is 0 Å². The molecule has 2 rings (SSSR count). The highest BCUT2D eigenvalue weighted by Crippen LogP contribution is 2.30. The van der Waals surface area contributed by atoms with Gasteiger partial charge in [-0.15, -0.1) is 0 Å². The summed E-state index contributed by atoms with van der Waals surface area (Å²) in [5, 5.41) is 0. The van der Waals surface area contributed by atoms with E-state index in [2.05, 4.69) is 0 Å². The smallest absolute Gasteiger partial charge is 0.269 e. The Morgan fingerprint density at radius 1 is 1.37 bits per heavy atom. The SMILES string of the molecule is CC(C)OCCN1C(=O)c2cc(I)ccc2S1(=O)=O. The molecule has 0 saturated heterocycles. The molecule has 7 heteroatoms. The van der Waals surface area contributed by atoms with Crippen LogP contribution in [0.4, 0.5) is 0 Å². The standard InChI is InChI=1S/C12H14INO4S/c1-8(2)18-6-5-14-12(15)10-7-9(13)3-4-11(10)19(14,16)17/h3-4,7-8H,5-6H2,1-2H3. The maximum atomic E-state index is 12.2. The van der Waals surface area contributed by atoms with Crippen molar-refractivity contribution in [2.45, 2.75) is 24.8 Å². The molecule has 5 nitrogen and oxygen atoms in total. The number of amides is 1. The van der Waals surface area contributed by atoms with Crippen molar-refractivity contribution < 1.29 is 17.9 Å². The molecule has 104 valence electrons. The zero-order valence-electron chi connectivity index (χ0n) is 10.6. The van der Waals surface area contributed by atoms with Crippen molar-refractivity contribution in [3.05, 3.63) is 27.3 Å². The van der Waals surface area contributed by atoms with Gasteiger partial charge in [0.2, 0.25) is 0 Å². The van der Waals surface area contributed by atoms with Crippen molar-refractivity contribution in [2.75, 3.05) is 13.2 Å². The summed E-state index contributed by atoms with van der Waals surface area (Å²) < 4.78 is 31.5. The van der Waals surface area contributed by atoms with Crippen molar-refractivity contribution in [2.24, 2.45) is 0 Å². The molecule has 0 spiro atoms. The van der Waals surface area contributed by atoms with Gasteiger partial charge < -0.3 is 4.74 Å². The summed E-state index contributed by atoms with van der Waals surface area (Å²) in [7, 11) is -3.71. The Morgan fingerprint density at radius 2 is 2.05 bits per heavy atom. The third-order valence-corrected chi connectivity index (χ3v) is 5.22. The number of hydrogen-bond acceptors (Lipinski definition) is 4. The van der Waals surface area contributed by atoms with Crippen LogP contribution in [-0.2, 0) is 14.8 Å². The Kier molecular flexibility index (Phi) is 4.17. The van der Waals surface area contributed by atoms with Gasteiger partial charge in [-0.1, -0.05) is 0 Å². The van der Waals surface area contributed by atoms with Gasteiger partial charge in [-0.2, -0.15) is 0 Å². The molecule has 0 N–H and O–H groups in total. The summed E-state index contributed by atoms with van der Waals surface area (Å²) in [6.07, 6.45) is 0.00346. The summed E-state index contributed by atoms with van der Waals surface area (Å²) in [4.78, 5) is 12.2. The van der Waals surface area contributed by atoms with E-state index in [1.54, 1.807) is 12.1 Å². The van der Waals surface area contributed by atoms with Crippen LogP contribution in [0, 0.1) is 3.57 Å². The van der Waals surface area contributed by atoms with E-state index in [0.29, 0.717) is 0 Å². The summed E-state index contributed by atoms with van der Waals surface area (Å²) >= 11 is 2.05. The van der Waals surface area contributed by atoms with E-state index < -0.39 is 15.9 Å². The number of hydrogen-bond donors (Lipinski definition) is 0. The third-order valence-electron chi connectivity index (χ3n) is 2.71. The molecule has 0 aromatic heterocycles. The lowest BCUT2D eigenvalue weighted by Crippen LogP contribution is -2.33. The normalized spacial score (nSPS) is 17.1. The van der Waals surface area contributed by atoms with Gasteiger partial charge in [0.15, 0.2) is 0 Å². The summed E-state index contributed by atoms with van der Waals surface area (Å²) in [6, 6.07) is 4.76. The van der Waals surface area contributed by atoms with Crippen LogP contribution < -0.4 is 0 Å². The van der Waals surface area contributed by atoms with Gasteiger partial charge in [0.05, 0.1) is 24.8 Å². The first kappa shape index (κ1) is 14.7. The lowest BCUT2D eigenvalue weighted by atomic mass is 10.2. The highest BCUT2D eigenvalue weighted by molar-refractivity contribution is 14.1. The van der Waals surface area contributed by atoms with Crippen LogP contribution in [0.1, 0.15) is 24.2 Å². The van der Waals surface area contributed by atoms with E-state index in [0.717, 1.165) is 7.88 Å². The second-order valence-electron chi connectivity index (χ2n) is 4.44. The van der Waals surface area contributed by atoms with Crippen LogP contribution in [-0.4, -0.2) is 37.9 Å². The lowest BCUT2D eigenvalue weighted by Gasteiger charge is -2.16. The predicted molar refractivity (Wildman–Crippen MR) is 78.5 cm³/mol. The van der Waals surface area contributed by atoms with Crippen molar-refractivity contribution in [3.8, 4) is 0 Å². The molecule has 0 aliphatic carbocycles. The highest BCUT2D eigenvalue weighted by Gasteiger charge is 2.40. The fourth-order valence-electron chi connectivity index (χ4n) is 1.85. The number of halogens is 1. The first-order valence-electron chi connectivity index (χ1n) is 5.82. The first-order chi connectivity index (χ1) is 8.84. The van der Waals surface area contributed by atoms with E-state index in [9.17, 15) is 13.2 Å². The zero-order valence-corrected chi connectivity index (χ0v) is 13.6. The minimum atomic E-state index is -3.71. The number of benzene rings is 1. The van der Waals surface area contributed by atoms with Crippen molar-refractivity contribution in [1.29, 1.82) is 0 Å². The topological polar surface area (TPSA) is 63.7 Å². The van der Waals surface area contributed by atoms with Gasteiger partial charge in [-0.05, 0) is 54.6 Å². The van der Waals surface area contributed by atoms with E-state index in [1.165, 1.54) is 6.07 Å². The zero-order chi connectivity index (χ0) is 14.2. The first-order valence-corrected chi connectivity index (χ1v) is 8.34. The monoisotopic (exact) mass is 395 g/mol. The molecular weight excluding hydrogens is 381 g/mol. The molecule has 1 aromatic carbocycles. The molecule has 0 saturated carbocycles. The van der Waals surface area contributed by atoms with E-state index in [-0.39, 0.29) is 29.7 Å². The molecule has 0 unspecified atom stereocenters. The number of rotatable bonds is 4.